The van der Waals surface area contributed by atoms with Crippen LogP contribution >= 0.6 is 11.3 Å². The fourth-order valence-corrected chi connectivity index (χ4v) is 4.64. The van der Waals surface area contributed by atoms with Crippen LogP contribution in [0, 0.1) is 0 Å². The van der Waals surface area contributed by atoms with Crippen molar-refractivity contribution < 1.29 is 14.3 Å². The van der Waals surface area contributed by atoms with Crippen LogP contribution in [0.4, 0.5) is 0 Å². The lowest BCUT2D eigenvalue weighted by atomic mass is 10.1. The van der Waals surface area contributed by atoms with Crippen LogP contribution in [0.15, 0.2) is 53.9 Å². The van der Waals surface area contributed by atoms with Crippen molar-refractivity contribution in [2.75, 3.05) is 39.4 Å². The number of nitrogens with zero attached hydrogens (tertiary/aromatic N) is 3. The average molecular weight is 452 g/mol. The highest BCUT2D eigenvalue weighted by molar-refractivity contribution is 7.09. The molecule has 0 N–H and O–H groups in total. The molecule has 0 unspecified atom stereocenters. The molecule has 1 amide bonds. The molecule has 0 aliphatic carbocycles. The minimum Gasteiger partial charge on any atom is -0.490 e. The smallest absolute Gasteiger partial charge is 0.254 e. The van der Waals surface area contributed by atoms with Crippen LogP contribution in [-0.2, 0) is 6.54 Å². The Labute approximate surface area is 193 Å². The van der Waals surface area contributed by atoms with Crippen LogP contribution in [0.1, 0.15) is 29.2 Å². The molecule has 6 nitrogen and oxygen atoms in total. The van der Waals surface area contributed by atoms with E-state index in [0.717, 1.165) is 35.9 Å². The number of thiazole rings is 1. The first-order valence-corrected chi connectivity index (χ1v) is 12.0. The Morgan fingerprint density at radius 1 is 0.969 bits per heavy atom. The van der Waals surface area contributed by atoms with Crippen LogP contribution in [-0.4, -0.2) is 60.1 Å². The van der Waals surface area contributed by atoms with E-state index in [9.17, 15) is 4.79 Å². The van der Waals surface area contributed by atoms with Crippen LogP contribution < -0.4 is 9.47 Å². The standard InChI is InChI=1S/C25H29N3O3S/c1-3-30-22-11-10-20(16-23(22)31-4-2)25(29)28-14-12-27(13-15-28)17-24-26-21(18-32-24)19-8-6-5-7-9-19/h5-11,16,18H,3-4,12-15,17H2,1-2H3. The number of amides is 1. The second-order valence-corrected chi connectivity index (χ2v) is 8.53. The van der Waals surface area contributed by atoms with Crippen LogP contribution in [0.5, 0.6) is 11.5 Å². The maximum Gasteiger partial charge on any atom is 0.254 e. The average Bonchev–Trinajstić information content (AvgIpc) is 3.30. The maximum atomic E-state index is 13.1. The van der Waals surface area contributed by atoms with E-state index in [4.69, 9.17) is 14.5 Å². The quantitative estimate of drug-likeness (QED) is 0.502. The van der Waals surface area contributed by atoms with Crippen molar-refractivity contribution in [3.63, 3.8) is 0 Å². The van der Waals surface area contributed by atoms with E-state index in [2.05, 4.69) is 22.4 Å². The molecule has 0 radical (unpaired) electrons. The van der Waals surface area contributed by atoms with E-state index in [1.807, 2.05) is 49.1 Å². The normalized spacial score (nSPS) is 14.4. The summed E-state index contributed by atoms with van der Waals surface area (Å²) >= 11 is 1.69. The number of carbonyl (C=O) groups is 1. The van der Waals surface area contributed by atoms with E-state index >= 15 is 0 Å². The monoisotopic (exact) mass is 451 g/mol. The van der Waals surface area contributed by atoms with Gasteiger partial charge in [-0.15, -0.1) is 11.3 Å². The summed E-state index contributed by atoms with van der Waals surface area (Å²) in [6, 6.07) is 15.7. The molecule has 0 bridgehead atoms. The Morgan fingerprint density at radius 3 is 2.41 bits per heavy atom. The molecule has 4 rings (SSSR count). The molecule has 3 aromatic rings. The summed E-state index contributed by atoms with van der Waals surface area (Å²) in [6.45, 7) is 8.83. The summed E-state index contributed by atoms with van der Waals surface area (Å²) in [5.74, 6) is 1.33. The van der Waals surface area contributed by atoms with Crippen molar-refractivity contribution in [2.24, 2.45) is 0 Å². The van der Waals surface area contributed by atoms with Gasteiger partial charge in [-0.2, -0.15) is 0 Å². The first-order valence-electron chi connectivity index (χ1n) is 11.1. The van der Waals surface area contributed by atoms with Crippen LogP contribution in [0.25, 0.3) is 11.3 Å². The molecule has 2 aromatic carbocycles. The number of ether oxygens (including phenoxy) is 2. The molecular formula is C25H29N3O3S. The van der Waals surface area contributed by atoms with Gasteiger partial charge in [-0.25, -0.2) is 4.98 Å². The van der Waals surface area contributed by atoms with Crippen LogP contribution in [0.2, 0.25) is 0 Å². The van der Waals surface area contributed by atoms with Gasteiger partial charge in [-0.05, 0) is 32.0 Å². The van der Waals surface area contributed by atoms with Crippen molar-refractivity contribution in [3.05, 3.63) is 64.5 Å². The lowest BCUT2D eigenvalue weighted by Gasteiger charge is -2.34. The van der Waals surface area contributed by atoms with Gasteiger partial charge >= 0.3 is 0 Å². The van der Waals surface area contributed by atoms with Crippen molar-refractivity contribution >= 4 is 17.2 Å². The third-order valence-electron chi connectivity index (χ3n) is 5.43. The zero-order chi connectivity index (χ0) is 22.3. The highest BCUT2D eigenvalue weighted by Gasteiger charge is 2.24. The van der Waals surface area contributed by atoms with Crippen LogP contribution in [0.3, 0.4) is 0 Å². The first kappa shape index (κ1) is 22.3. The molecule has 1 aromatic heterocycles. The first-order chi connectivity index (χ1) is 15.7. The Kier molecular flexibility index (Phi) is 7.39. The number of piperazine rings is 1. The van der Waals surface area contributed by atoms with Gasteiger partial charge in [0.2, 0.25) is 0 Å². The molecule has 7 heteroatoms. The van der Waals surface area contributed by atoms with Gasteiger partial charge < -0.3 is 14.4 Å². The zero-order valence-electron chi connectivity index (χ0n) is 18.6. The zero-order valence-corrected chi connectivity index (χ0v) is 19.4. The lowest BCUT2D eigenvalue weighted by Crippen LogP contribution is -2.48. The number of carbonyl (C=O) groups excluding carboxylic acids is 1. The molecular weight excluding hydrogens is 422 g/mol. The Balaban J connectivity index is 1.34. The topological polar surface area (TPSA) is 54.9 Å². The van der Waals surface area contributed by atoms with Crippen molar-refractivity contribution in [2.45, 2.75) is 20.4 Å². The lowest BCUT2D eigenvalue weighted by molar-refractivity contribution is 0.0628. The summed E-state index contributed by atoms with van der Waals surface area (Å²) in [5.41, 5.74) is 2.81. The Morgan fingerprint density at radius 2 is 1.69 bits per heavy atom. The number of rotatable bonds is 8. The van der Waals surface area contributed by atoms with Gasteiger partial charge in [0.25, 0.3) is 5.91 Å². The SMILES string of the molecule is CCOc1ccc(C(=O)N2CCN(Cc3nc(-c4ccccc4)cs3)CC2)cc1OCC. The molecule has 0 spiro atoms. The van der Waals surface area contributed by atoms with Gasteiger partial charge in [-0.3, -0.25) is 9.69 Å². The predicted octanol–water partition coefficient (Wildman–Crippen LogP) is 4.57. The van der Waals surface area contributed by atoms with Gasteiger partial charge in [0.1, 0.15) is 5.01 Å². The molecule has 1 aliphatic rings. The highest BCUT2D eigenvalue weighted by atomic mass is 32.1. The van der Waals surface area contributed by atoms with Gasteiger partial charge in [0.15, 0.2) is 11.5 Å². The van der Waals surface area contributed by atoms with E-state index in [1.165, 1.54) is 0 Å². The third kappa shape index (κ3) is 5.29. The summed E-state index contributed by atoms with van der Waals surface area (Å²) < 4.78 is 11.3. The number of aromatic nitrogens is 1. The minimum atomic E-state index is 0.0364. The van der Waals surface area contributed by atoms with Gasteiger partial charge in [0, 0.05) is 42.7 Å². The molecule has 32 heavy (non-hydrogen) atoms. The summed E-state index contributed by atoms with van der Waals surface area (Å²) in [4.78, 5) is 22.1. The fraction of sp³-hybridized carbons (Fsp3) is 0.360. The molecule has 1 aliphatic heterocycles. The second-order valence-electron chi connectivity index (χ2n) is 7.59. The molecule has 0 saturated carbocycles. The maximum absolute atomic E-state index is 13.1. The molecule has 1 fully saturated rings. The molecule has 168 valence electrons. The summed E-state index contributed by atoms with van der Waals surface area (Å²) in [5, 5.41) is 3.23. The Bertz CT molecular complexity index is 1030. The number of hydrogen-bond acceptors (Lipinski definition) is 6. The summed E-state index contributed by atoms with van der Waals surface area (Å²) in [6.07, 6.45) is 0. The minimum absolute atomic E-state index is 0.0364. The molecule has 1 saturated heterocycles. The fourth-order valence-electron chi connectivity index (χ4n) is 3.79. The summed E-state index contributed by atoms with van der Waals surface area (Å²) in [7, 11) is 0. The van der Waals surface area contributed by atoms with Crippen molar-refractivity contribution in [3.8, 4) is 22.8 Å². The van der Waals surface area contributed by atoms with Gasteiger partial charge in [0.05, 0.1) is 25.5 Å². The Hall–Kier alpha value is -2.90. The van der Waals surface area contributed by atoms with E-state index < -0.39 is 0 Å². The third-order valence-corrected chi connectivity index (χ3v) is 6.26. The van der Waals surface area contributed by atoms with E-state index in [0.29, 0.717) is 43.4 Å². The van der Waals surface area contributed by atoms with E-state index in [-0.39, 0.29) is 5.91 Å². The van der Waals surface area contributed by atoms with Crippen molar-refractivity contribution in [1.82, 2.24) is 14.8 Å². The largest absolute Gasteiger partial charge is 0.490 e. The molecule has 2 heterocycles. The highest BCUT2D eigenvalue weighted by Crippen LogP contribution is 2.29. The second kappa shape index (κ2) is 10.6. The number of hydrogen-bond donors (Lipinski definition) is 0. The number of benzene rings is 2. The predicted molar refractivity (Wildman–Crippen MR) is 128 cm³/mol. The molecule has 0 atom stereocenters. The van der Waals surface area contributed by atoms with Gasteiger partial charge in [-0.1, -0.05) is 30.3 Å². The van der Waals surface area contributed by atoms with Crippen molar-refractivity contribution in [1.29, 1.82) is 0 Å². The van der Waals surface area contributed by atoms with E-state index in [1.54, 1.807) is 17.4 Å².